The van der Waals surface area contributed by atoms with Crippen LogP contribution in [0.2, 0.25) is 0 Å². The predicted octanol–water partition coefficient (Wildman–Crippen LogP) is 4.76. The van der Waals surface area contributed by atoms with Crippen LogP contribution < -0.4 is 10.2 Å². The Hall–Kier alpha value is -3.39. The van der Waals surface area contributed by atoms with Crippen molar-refractivity contribution in [1.82, 2.24) is 15.0 Å². The van der Waals surface area contributed by atoms with Gasteiger partial charge in [0.15, 0.2) is 16.7 Å². The van der Waals surface area contributed by atoms with Gasteiger partial charge in [0.05, 0.1) is 5.69 Å². The number of nitrogens with zero attached hydrogens (tertiary/aromatic N) is 4. The molecule has 0 unspecified atom stereocenters. The molecule has 0 atom stereocenters. The fourth-order valence-corrected chi connectivity index (χ4v) is 4.61. The van der Waals surface area contributed by atoms with Crippen LogP contribution in [0, 0.1) is 0 Å². The third-order valence-corrected chi connectivity index (χ3v) is 6.13. The highest BCUT2D eigenvalue weighted by atomic mass is 32.2. The molecule has 5 rings (SSSR count). The SMILES string of the molecule is O=C(Nc1cccnc1N1CCCC1)c1oc2ccccc2c1CSc1ncccn1. The summed E-state index contributed by atoms with van der Waals surface area (Å²) in [6.07, 6.45) is 7.44. The number of furan rings is 1. The Morgan fingerprint density at radius 1 is 1.00 bits per heavy atom. The van der Waals surface area contributed by atoms with Crippen molar-refractivity contribution in [3.63, 3.8) is 0 Å². The highest BCUT2D eigenvalue weighted by Crippen LogP contribution is 2.32. The van der Waals surface area contributed by atoms with E-state index >= 15 is 0 Å². The van der Waals surface area contributed by atoms with E-state index in [9.17, 15) is 4.79 Å². The number of para-hydroxylation sites is 1. The normalized spacial score (nSPS) is 13.6. The minimum absolute atomic E-state index is 0.283. The summed E-state index contributed by atoms with van der Waals surface area (Å²) in [5.74, 6) is 1.35. The van der Waals surface area contributed by atoms with E-state index in [0.29, 0.717) is 27.9 Å². The number of thioether (sulfide) groups is 1. The highest BCUT2D eigenvalue weighted by Gasteiger charge is 2.23. The first-order valence-corrected chi connectivity index (χ1v) is 11.2. The van der Waals surface area contributed by atoms with Crippen LogP contribution in [0.25, 0.3) is 11.0 Å². The minimum atomic E-state index is -0.283. The number of carbonyl (C=O) groups excluding carboxylic acids is 1. The van der Waals surface area contributed by atoms with Crippen LogP contribution in [0.15, 0.2) is 70.6 Å². The molecule has 0 aliphatic carbocycles. The van der Waals surface area contributed by atoms with Crippen molar-refractivity contribution >= 4 is 40.1 Å². The number of fused-ring (bicyclic) bond motifs is 1. The van der Waals surface area contributed by atoms with Crippen LogP contribution in [0.1, 0.15) is 29.0 Å². The first kappa shape index (κ1) is 19.6. The molecule has 0 radical (unpaired) electrons. The van der Waals surface area contributed by atoms with Crippen LogP contribution in [-0.2, 0) is 5.75 Å². The van der Waals surface area contributed by atoms with Gasteiger partial charge >= 0.3 is 0 Å². The molecular weight excluding hydrogens is 410 g/mol. The second-order valence-corrected chi connectivity index (χ2v) is 8.19. The second-order valence-electron chi connectivity index (χ2n) is 7.25. The van der Waals surface area contributed by atoms with Crippen molar-refractivity contribution in [2.45, 2.75) is 23.8 Å². The molecule has 1 aromatic carbocycles. The number of aromatic nitrogens is 3. The highest BCUT2D eigenvalue weighted by molar-refractivity contribution is 7.98. The fourth-order valence-electron chi connectivity index (χ4n) is 3.78. The molecular formula is C23H21N5O2S. The summed E-state index contributed by atoms with van der Waals surface area (Å²) in [4.78, 5) is 28.5. The van der Waals surface area contributed by atoms with Crippen molar-refractivity contribution in [2.75, 3.05) is 23.3 Å². The molecule has 8 heteroatoms. The second kappa shape index (κ2) is 8.77. The first-order chi connectivity index (χ1) is 15.3. The van der Waals surface area contributed by atoms with Gasteiger partial charge in [-0.05, 0) is 37.1 Å². The number of hydrogen-bond donors (Lipinski definition) is 1. The molecule has 0 saturated carbocycles. The van der Waals surface area contributed by atoms with E-state index < -0.39 is 0 Å². The van der Waals surface area contributed by atoms with E-state index in [4.69, 9.17) is 4.42 Å². The van der Waals surface area contributed by atoms with E-state index in [0.717, 1.165) is 42.7 Å². The van der Waals surface area contributed by atoms with E-state index in [-0.39, 0.29) is 5.91 Å². The molecule has 0 bridgehead atoms. The third-order valence-electron chi connectivity index (χ3n) is 5.23. The van der Waals surface area contributed by atoms with Gasteiger partial charge in [-0.15, -0.1) is 0 Å². The Balaban J connectivity index is 1.45. The minimum Gasteiger partial charge on any atom is -0.451 e. The lowest BCUT2D eigenvalue weighted by Crippen LogP contribution is -2.22. The summed E-state index contributed by atoms with van der Waals surface area (Å²) in [7, 11) is 0. The van der Waals surface area contributed by atoms with Crippen molar-refractivity contribution in [1.29, 1.82) is 0 Å². The molecule has 156 valence electrons. The lowest BCUT2D eigenvalue weighted by atomic mass is 10.1. The first-order valence-electron chi connectivity index (χ1n) is 10.2. The Labute approximate surface area is 183 Å². The zero-order chi connectivity index (χ0) is 21.0. The van der Waals surface area contributed by atoms with Crippen molar-refractivity contribution in [3.05, 3.63) is 72.4 Å². The number of benzene rings is 1. The molecule has 4 heterocycles. The molecule has 4 aromatic rings. The maximum Gasteiger partial charge on any atom is 0.291 e. The number of anilines is 2. The number of carbonyl (C=O) groups is 1. The smallest absolute Gasteiger partial charge is 0.291 e. The summed E-state index contributed by atoms with van der Waals surface area (Å²) in [6, 6.07) is 13.2. The molecule has 3 aromatic heterocycles. The molecule has 1 saturated heterocycles. The Morgan fingerprint density at radius 3 is 2.61 bits per heavy atom. The van der Waals surface area contributed by atoms with Gasteiger partial charge in [0.25, 0.3) is 5.91 Å². The largest absolute Gasteiger partial charge is 0.451 e. The molecule has 0 spiro atoms. The zero-order valence-corrected chi connectivity index (χ0v) is 17.6. The van der Waals surface area contributed by atoms with Crippen LogP contribution in [-0.4, -0.2) is 33.9 Å². The van der Waals surface area contributed by atoms with Gasteiger partial charge in [0, 0.05) is 48.4 Å². The molecule has 31 heavy (non-hydrogen) atoms. The van der Waals surface area contributed by atoms with Crippen LogP contribution >= 0.6 is 11.8 Å². The average molecular weight is 432 g/mol. The molecule has 1 N–H and O–H groups in total. The molecule has 7 nitrogen and oxygen atoms in total. The number of rotatable bonds is 6. The lowest BCUT2D eigenvalue weighted by Gasteiger charge is -2.19. The third kappa shape index (κ3) is 4.11. The molecule has 1 aliphatic heterocycles. The van der Waals surface area contributed by atoms with E-state index in [2.05, 4.69) is 25.2 Å². The summed E-state index contributed by atoms with van der Waals surface area (Å²) >= 11 is 1.47. The molecule has 1 amide bonds. The monoisotopic (exact) mass is 431 g/mol. The number of hydrogen-bond acceptors (Lipinski definition) is 7. The maximum absolute atomic E-state index is 13.3. The standard InChI is InChI=1S/C23H21N5O2S/c29-22(27-18-8-5-10-24-21(18)28-13-3-4-14-28)20-17(15-31-23-25-11-6-12-26-23)16-7-1-2-9-19(16)30-20/h1-2,5-12H,3-4,13-15H2,(H,27,29). The lowest BCUT2D eigenvalue weighted by molar-refractivity contribution is 0.0998. The zero-order valence-electron chi connectivity index (χ0n) is 16.8. The van der Waals surface area contributed by atoms with Crippen LogP contribution in [0.3, 0.4) is 0 Å². The van der Waals surface area contributed by atoms with E-state index in [1.54, 1.807) is 24.7 Å². The van der Waals surface area contributed by atoms with Crippen LogP contribution in [0.4, 0.5) is 11.5 Å². The van der Waals surface area contributed by atoms with Gasteiger partial charge in [-0.2, -0.15) is 0 Å². The van der Waals surface area contributed by atoms with E-state index in [1.165, 1.54) is 11.8 Å². The summed E-state index contributed by atoms with van der Waals surface area (Å²) in [5, 5.41) is 4.60. The van der Waals surface area contributed by atoms with Crippen molar-refractivity contribution < 1.29 is 9.21 Å². The number of pyridine rings is 1. The van der Waals surface area contributed by atoms with Gasteiger partial charge in [-0.1, -0.05) is 30.0 Å². The maximum atomic E-state index is 13.3. The van der Waals surface area contributed by atoms with Gasteiger partial charge in [0.1, 0.15) is 5.58 Å². The van der Waals surface area contributed by atoms with Crippen molar-refractivity contribution in [2.24, 2.45) is 0 Å². The predicted molar refractivity (Wildman–Crippen MR) is 121 cm³/mol. The Bertz CT molecular complexity index is 1210. The fraction of sp³-hybridized carbons (Fsp3) is 0.217. The van der Waals surface area contributed by atoms with Gasteiger partial charge in [-0.25, -0.2) is 15.0 Å². The summed E-state index contributed by atoms with van der Waals surface area (Å²) in [5.41, 5.74) is 2.21. The molecule has 1 fully saturated rings. The molecule has 1 aliphatic rings. The Kier molecular flexibility index (Phi) is 5.54. The topological polar surface area (TPSA) is 84.2 Å². The Morgan fingerprint density at radius 2 is 1.77 bits per heavy atom. The average Bonchev–Trinajstić information content (AvgIpc) is 3.47. The quantitative estimate of drug-likeness (QED) is 0.348. The van der Waals surface area contributed by atoms with Crippen LogP contribution in [0.5, 0.6) is 0 Å². The van der Waals surface area contributed by atoms with Gasteiger partial charge < -0.3 is 14.6 Å². The summed E-state index contributed by atoms with van der Waals surface area (Å²) in [6.45, 7) is 1.90. The van der Waals surface area contributed by atoms with Gasteiger partial charge in [0.2, 0.25) is 0 Å². The van der Waals surface area contributed by atoms with E-state index in [1.807, 2.05) is 36.4 Å². The van der Waals surface area contributed by atoms with Gasteiger partial charge in [-0.3, -0.25) is 4.79 Å². The number of nitrogens with one attached hydrogen (secondary N) is 1. The summed E-state index contributed by atoms with van der Waals surface area (Å²) < 4.78 is 5.99. The number of amides is 1. The van der Waals surface area contributed by atoms with Crippen molar-refractivity contribution in [3.8, 4) is 0 Å².